The van der Waals surface area contributed by atoms with Crippen molar-refractivity contribution >= 4 is 11.8 Å². The number of benzene rings is 2. The molecule has 0 atom stereocenters. The summed E-state index contributed by atoms with van der Waals surface area (Å²) in [5, 5.41) is 9.62. The summed E-state index contributed by atoms with van der Waals surface area (Å²) in [5.74, 6) is 6.34. The normalized spacial score (nSPS) is 9.97. The van der Waals surface area contributed by atoms with Crippen LogP contribution in [0.15, 0.2) is 42.5 Å². The first-order valence-electron chi connectivity index (χ1n) is 9.49. The van der Waals surface area contributed by atoms with Crippen LogP contribution in [0.4, 0.5) is 0 Å². The van der Waals surface area contributed by atoms with Gasteiger partial charge in [0.05, 0.1) is 33.6 Å². The zero-order chi connectivity index (χ0) is 23.1. The molecule has 0 spiro atoms. The quantitative estimate of drug-likeness (QED) is 0.488. The molecule has 0 saturated carbocycles. The van der Waals surface area contributed by atoms with Crippen molar-refractivity contribution in [2.75, 3.05) is 27.9 Å². The van der Waals surface area contributed by atoms with E-state index in [1.54, 1.807) is 42.5 Å². The summed E-state index contributed by atoms with van der Waals surface area (Å²) in [5.41, 5.74) is 7.82. The molecule has 1 aromatic heterocycles. The van der Waals surface area contributed by atoms with Crippen LogP contribution in [-0.2, 0) is 0 Å². The number of aromatic amines is 1. The second kappa shape index (κ2) is 10.0. The monoisotopic (exact) mass is 434 g/mol. The zero-order valence-corrected chi connectivity index (χ0v) is 17.8. The fourth-order valence-electron chi connectivity index (χ4n) is 2.90. The van der Waals surface area contributed by atoms with Crippen molar-refractivity contribution in [3.63, 3.8) is 0 Å². The van der Waals surface area contributed by atoms with E-state index in [-0.39, 0.29) is 18.1 Å². The molecule has 0 radical (unpaired) electrons. The molecule has 2 amide bonds. The Kier molecular flexibility index (Phi) is 6.98. The van der Waals surface area contributed by atoms with E-state index in [0.29, 0.717) is 39.6 Å². The van der Waals surface area contributed by atoms with Gasteiger partial charge in [-0.15, -0.1) is 0 Å². The number of amides is 2. The molecular weight excluding hydrogens is 412 g/mol. The number of hydrogen-bond acceptors (Lipinski definition) is 6. The molecule has 32 heavy (non-hydrogen) atoms. The van der Waals surface area contributed by atoms with Gasteiger partial charge in [-0.25, -0.2) is 0 Å². The maximum absolute atomic E-state index is 12.4. The molecule has 9 heteroatoms. The number of nitrogens with one attached hydrogen (secondary N) is 2. The average molecular weight is 434 g/mol. The summed E-state index contributed by atoms with van der Waals surface area (Å²) >= 11 is 0. The first kappa shape index (κ1) is 22.2. The predicted molar refractivity (Wildman–Crippen MR) is 118 cm³/mol. The summed E-state index contributed by atoms with van der Waals surface area (Å²) < 4.78 is 16.0. The number of primary amides is 1. The Morgan fingerprint density at radius 3 is 2.25 bits per heavy atom. The van der Waals surface area contributed by atoms with Crippen molar-refractivity contribution in [2.24, 2.45) is 5.73 Å². The van der Waals surface area contributed by atoms with Crippen LogP contribution < -0.4 is 25.3 Å². The second-order valence-electron chi connectivity index (χ2n) is 6.51. The highest BCUT2D eigenvalue weighted by Crippen LogP contribution is 2.40. The Labute approximate surface area is 184 Å². The molecular formula is C23H22N4O5. The predicted octanol–water partition coefficient (Wildman–Crippen LogP) is 1.98. The lowest BCUT2D eigenvalue weighted by molar-refractivity contribution is 0.0952. The minimum absolute atomic E-state index is 0.134. The Hall–Kier alpha value is -4.45. The van der Waals surface area contributed by atoms with Gasteiger partial charge < -0.3 is 25.3 Å². The highest BCUT2D eigenvalue weighted by molar-refractivity contribution is 5.94. The number of H-pyrrole nitrogens is 1. The molecule has 0 aliphatic heterocycles. The Bertz CT molecular complexity index is 1160. The Morgan fingerprint density at radius 1 is 1.03 bits per heavy atom. The Balaban J connectivity index is 1.67. The van der Waals surface area contributed by atoms with Gasteiger partial charge in [-0.3, -0.25) is 14.7 Å². The lowest BCUT2D eigenvalue weighted by Gasteiger charge is -2.13. The summed E-state index contributed by atoms with van der Waals surface area (Å²) in [6, 6.07) is 11.7. The topological polar surface area (TPSA) is 129 Å². The van der Waals surface area contributed by atoms with Gasteiger partial charge in [0.2, 0.25) is 11.7 Å². The maximum Gasteiger partial charge on any atom is 0.270 e. The van der Waals surface area contributed by atoms with Gasteiger partial charge in [-0.05, 0) is 42.5 Å². The Morgan fingerprint density at radius 2 is 1.69 bits per heavy atom. The summed E-state index contributed by atoms with van der Waals surface area (Å²) in [6.45, 7) is 0.134. The smallest absolute Gasteiger partial charge is 0.270 e. The van der Waals surface area contributed by atoms with E-state index in [2.05, 4.69) is 27.4 Å². The standard InChI is InChI=1S/C23H22N4O5/c1-30-19-11-16(12-20(31-2)21(19)32-3)17-13-18(27-26-17)23(29)25-10-4-5-14-6-8-15(9-7-14)22(24)28/h6-9,11-13H,10H2,1-3H3,(H2,24,28)(H,25,29)(H,26,27). The SMILES string of the molecule is COc1cc(-c2cc(C(=O)NCC#Cc3ccc(C(N)=O)cc3)[nH]n2)cc(OC)c1OC. The summed E-state index contributed by atoms with van der Waals surface area (Å²) in [6.07, 6.45) is 0. The van der Waals surface area contributed by atoms with E-state index in [4.69, 9.17) is 19.9 Å². The molecule has 0 bridgehead atoms. The van der Waals surface area contributed by atoms with Crippen LogP contribution in [-0.4, -0.2) is 49.9 Å². The van der Waals surface area contributed by atoms with Crippen LogP contribution in [0.3, 0.4) is 0 Å². The number of nitrogens with two attached hydrogens (primary N) is 1. The van der Waals surface area contributed by atoms with Crippen molar-refractivity contribution in [1.29, 1.82) is 0 Å². The highest BCUT2D eigenvalue weighted by atomic mass is 16.5. The van der Waals surface area contributed by atoms with E-state index >= 15 is 0 Å². The molecule has 1 heterocycles. The third-order valence-corrected chi connectivity index (χ3v) is 4.52. The van der Waals surface area contributed by atoms with E-state index in [9.17, 15) is 9.59 Å². The van der Waals surface area contributed by atoms with Crippen molar-refractivity contribution in [3.05, 3.63) is 59.3 Å². The van der Waals surface area contributed by atoms with Gasteiger partial charge in [0.25, 0.3) is 5.91 Å². The van der Waals surface area contributed by atoms with Gasteiger partial charge in [0.15, 0.2) is 11.5 Å². The zero-order valence-electron chi connectivity index (χ0n) is 17.8. The lowest BCUT2D eigenvalue weighted by Crippen LogP contribution is -2.23. The van der Waals surface area contributed by atoms with Crippen LogP contribution in [0.25, 0.3) is 11.3 Å². The minimum Gasteiger partial charge on any atom is -0.493 e. The molecule has 0 aliphatic carbocycles. The van der Waals surface area contributed by atoms with Crippen molar-refractivity contribution in [1.82, 2.24) is 15.5 Å². The molecule has 0 saturated heterocycles. The van der Waals surface area contributed by atoms with Crippen molar-refractivity contribution in [3.8, 4) is 40.3 Å². The summed E-state index contributed by atoms with van der Waals surface area (Å²) in [7, 11) is 4.57. The van der Waals surface area contributed by atoms with Gasteiger partial charge in [-0.1, -0.05) is 11.8 Å². The number of aromatic nitrogens is 2. The fraction of sp³-hybridized carbons (Fsp3) is 0.174. The second-order valence-corrected chi connectivity index (χ2v) is 6.51. The molecule has 164 valence electrons. The van der Waals surface area contributed by atoms with Crippen LogP contribution in [0.5, 0.6) is 17.2 Å². The van der Waals surface area contributed by atoms with Crippen LogP contribution in [0.1, 0.15) is 26.4 Å². The number of methoxy groups -OCH3 is 3. The lowest BCUT2D eigenvalue weighted by atomic mass is 10.1. The largest absolute Gasteiger partial charge is 0.493 e. The molecule has 0 aliphatic rings. The first-order valence-corrected chi connectivity index (χ1v) is 9.49. The van der Waals surface area contributed by atoms with Crippen LogP contribution >= 0.6 is 0 Å². The molecule has 0 unspecified atom stereocenters. The average Bonchev–Trinajstić information content (AvgIpc) is 3.31. The van der Waals surface area contributed by atoms with E-state index in [1.165, 1.54) is 21.3 Å². The number of ether oxygens (including phenoxy) is 3. The van der Waals surface area contributed by atoms with Gasteiger partial charge in [0.1, 0.15) is 5.69 Å². The number of rotatable bonds is 7. The molecule has 3 rings (SSSR count). The van der Waals surface area contributed by atoms with Gasteiger partial charge >= 0.3 is 0 Å². The molecule has 4 N–H and O–H groups in total. The number of carbonyl (C=O) groups is 2. The third-order valence-electron chi connectivity index (χ3n) is 4.52. The van der Waals surface area contributed by atoms with E-state index < -0.39 is 5.91 Å². The highest BCUT2D eigenvalue weighted by Gasteiger charge is 2.17. The fourth-order valence-corrected chi connectivity index (χ4v) is 2.90. The minimum atomic E-state index is -0.498. The van der Waals surface area contributed by atoms with Gasteiger partial charge in [-0.2, -0.15) is 5.10 Å². The molecule has 9 nitrogen and oxygen atoms in total. The number of carbonyl (C=O) groups excluding carboxylic acids is 2. The molecule has 0 fully saturated rings. The van der Waals surface area contributed by atoms with Crippen molar-refractivity contribution < 1.29 is 23.8 Å². The first-order chi connectivity index (χ1) is 15.5. The van der Waals surface area contributed by atoms with E-state index in [1.807, 2.05) is 0 Å². The number of hydrogen-bond donors (Lipinski definition) is 3. The van der Waals surface area contributed by atoms with Gasteiger partial charge in [0, 0.05) is 16.7 Å². The molecule has 2 aromatic carbocycles. The number of nitrogens with zero attached hydrogens (tertiary/aromatic N) is 1. The molecule has 3 aromatic rings. The summed E-state index contributed by atoms with van der Waals surface area (Å²) in [4.78, 5) is 23.5. The van der Waals surface area contributed by atoms with Crippen molar-refractivity contribution in [2.45, 2.75) is 0 Å². The third kappa shape index (κ3) is 4.99. The van der Waals surface area contributed by atoms with E-state index in [0.717, 1.165) is 0 Å². The maximum atomic E-state index is 12.4. The van der Waals surface area contributed by atoms with Crippen LogP contribution in [0.2, 0.25) is 0 Å². The van der Waals surface area contributed by atoms with Crippen LogP contribution in [0, 0.1) is 11.8 Å².